The van der Waals surface area contributed by atoms with Crippen LogP contribution in [-0.2, 0) is 12.8 Å². The third-order valence-corrected chi connectivity index (χ3v) is 5.85. The summed E-state index contributed by atoms with van der Waals surface area (Å²) in [6.45, 7) is 0. The Kier molecular flexibility index (Phi) is 4.77. The molecule has 0 bridgehead atoms. The molecule has 1 amide bonds. The number of benzene rings is 2. The van der Waals surface area contributed by atoms with Crippen LogP contribution < -0.4 is 5.32 Å². The molecule has 1 aliphatic rings. The molecule has 0 saturated carbocycles. The van der Waals surface area contributed by atoms with Gasteiger partial charge in [-0.3, -0.25) is 4.79 Å². The summed E-state index contributed by atoms with van der Waals surface area (Å²) in [5, 5.41) is 14.8. The average Bonchev–Trinajstić information content (AvgIpc) is 3.11. The fourth-order valence-electron chi connectivity index (χ4n) is 3.66. The predicted molar refractivity (Wildman–Crippen MR) is 108 cm³/mol. The Morgan fingerprint density at radius 1 is 0.926 bits per heavy atom. The van der Waals surface area contributed by atoms with E-state index in [-0.39, 0.29) is 11.5 Å². The Bertz CT molecular complexity index is 1010. The van der Waals surface area contributed by atoms with Crippen LogP contribution in [-0.4, -0.2) is 17.0 Å². The number of anilines is 1. The summed E-state index contributed by atoms with van der Waals surface area (Å²) < 4.78 is 0. The molecule has 0 fully saturated rings. The highest BCUT2D eigenvalue weighted by Crippen LogP contribution is 2.39. The number of fused-ring (bicyclic) bond motifs is 1. The van der Waals surface area contributed by atoms with Crippen LogP contribution in [0.4, 0.5) is 5.00 Å². The minimum atomic E-state index is -1.02. The van der Waals surface area contributed by atoms with Gasteiger partial charge in [0.05, 0.1) is 0 Å². The molecule has 5 heteroatoms. The van der Waals surface area contributed by atoms with Crippen molar-refractivity contribution in [3.05, 3.63) is 76.2 Å². The molecule has 1 heterocycles. The molecule has 0 atom stereocenters. The van der Waals surface area contributed by atoms with E-state index in [1.807, 2.05) is 23.6 Å². The van der Waals surface area contributed by atoms with Crippen molar-refractivity contribution in [1.29, 1.82) is 0 Å². The first kappa shape index (κ1) is 17.5. The van der Waals surface area contributed by atoms with Gasteiger partial charge in [-0.2, -0.15) is 0 Å². The minimum Gasteiger partial charge on any atom is -0.478 e. The molecule has 0 unspecified atom stereocenters. The second-order valence-electron chi connectivity index (χ2n) is 6.63. The molecule has 0 saturated heterocycles. The Balaban J connectivity index is 1.74. The highest BCUT2D eigenvalue weighted by molar-refractivity contribution is 7.15. The van der Waals surface area contributed by atoms with Gasteiger partial charge in [-0.15, -0.1) is 11.3 Å². The van der Waals surface area contributed by atoms with Crippen LogP contribution in [0.1, 0.15) is 44.7 Å². The molecule has 1 aliphatic carbocycles. The van der Waals surface area contributed by atoms with E-state index in [1.165, 1.54) is 28.9 Å². The zero-order valence-corrected chi connectivity index (χ0v) is 15.5. The fraction of sp³-hybridized carbons (Fsp3) is 0.182. The first-order valence-corrected chi connectivity index (χ1v) is 9.85. The normalized spacial score (nSPS) is 13.0. The van der Waals surface area contributed by atoms with Crippen molar-refractivity contribution in [2.45, 2.75) is 25.7 Å². The molecule has 136 valence electrons. The van der Waals surface area contributed by atoms with E-state index in [9.17, 15) is 14.7 Å². The van der Waals surface area contributed by atoms with Gasteiger partial charge in [0.25, 0.3) is 5.91 Å². The first-order chi connectivity index (χ1) is 13.1. The number of carbonyl (C=O) groups is 2. The average molecular weight is 377 g/mol. The zero-order chi connectivity index (χ0) is 18.8. The third-order valence-electron chi connectivity index (χ3n) is 4.95. The van der Waals surface area contributed by atoms with E-state index in [2.05, 4.69) is 11.4 Å². The second-order valence-corrected chi connectivity index (χ2v) is 7.51. The molecule has 3 aromatic rings. The Morgan fingerprint density at radius 3 is 2.48 bits per heavy atom. The van der Waals surface area contributed by atoms with Gasteiger partial charge in [0, 0.05) is 16.5 Å². The summed E-state index contributed by atoms with van der Waals surface area (Å²) in [6.07, 6.45) is 4.29. The molecule has 1 aromatic heterocycles. The summed E-state index contributed by atoms with van der Waals surface area (Å²) in [5.74, 6) is -1.33. The summed E-state index contributed by atoms with van der Waals surface area (Å²) in [7, 11) is 0. The Hall–Kier alpha value is -2.92. The maximum atomic E-state index is 12.5. The van der Waals surface area contributed by atoms with Crippen LogP contribution in [0.25, 0.3) is 11.1 Å². The highest BCUT2D eigenvalue weighted by Gasteiger charge is 2.24. The number of rotatable bonds is 4. The number of carbonyl (C=O) groups excluding carboxylic acids is 1. The van der Waals surface area contributed by atoms with Gasteiger partial charge in [0.1, 0.15) is 10.6 Å². The molecular formula is C22H19NO3S. The van der Waals surface area contributed by atoms with Crippen molar-refractivity contribution in [2.75, 3.05) is 5.32 Å². The van der Waals surface area contributed by atoms with Crippen molar-refractivity contribution in [1.82, 2.24) is 0 Å². The molecule has 0 aliphatic heterocycles. The molecule has 0 radical (unpaired) electrons. The van der Waals surface area contributed by atoms with Gasteiger partial charge in [-0.1, -0.05) is 36.4 Å². The van der Waals surface area contributed by atoms with Crippen molar-refractivity contribution >= 4 is 28.2 Å². The van der Waals surface area contributed by atoms with E-state index in [0.29, 0.717) is 16.1 Å². The lowest BCUT2D eigenvalue weighted by molar-refractivity contribution is 0.0699. The van der Waals surface area contributed by atoms with E-state index in [1.54, 1.807) is 24.3 Å². The van der Waals surface area contributed by atoms with Crippen LogP contribution in [0.15, 0.2) is 53.9 Å². The fourth-order valence-corrected chi connectivity index (χ4v) is 4.61. The minimum absolute atomic E-state index is 0.170. The summed E-state index contributed by atoms with van der Waals surface area (Å²) in [6, 6.07) is 14.9. The molecular weight excluding hydrogens is 358 g/mol. The van der Waals surface area contributed by atoms with Gasteiger partial charge in [-0.05, 0) is 54.5 Å². The maximum Gasteiger partial charge on any atom is 0.339 e. The lowest BCUT2D eigenvalue weighted by Gasteiger charge is -2.19. The van der Waals surface area contributed by atoms with Gasteiger partial charge < -0.3 is 10.4 Å². The van der Waals surface area contributed by atoms with Gasteiger partial charge >= 0.3 is 5.97 Å². The zero-order valence-electron chi connectivity index (χ0n) is 14.7. The number of thiophene rings is 1. The lowest BCUT2D eigenvalue weighted by Crippen LogP contribution is -2.13. The van der Waals surface area contributed by atoms with Crippen molar-refractivity contribution in [2.24, 2.45) is 0 Å². The molecule has 2 N–H and O–H groups in total. The highest BCUT2D eigenvalue weighted by atomic mass is 32.1. The number of hydrogen-bond donors (Lipinski definition) is 2. The quantitative estimate of drug-likeness (QED) is 0.653. The van der Waals surface area contributed by atoms with E-state index in [0.717, 1.165) is 24.8 Å². The standard InChI is InChI=1S/C22H19NO3S/c24-20(15-8-2-1-3-9-15)23-21-19(22(25)26)18(13-27-21)17-12-6-10-14-7-4-5-11-16(14)17/h1-3,6,8-10,12-13H,4-5,7,11H2,(H,23,24)(H,25,26). The van der Waals surface area contributed by atoms with Crippen LogP contribution in [0, 0.1) is 0 Å². The van der Waals surface area contributed by atoms with Crippen molar-refractivity contribution < 1.29 is 14.7 Å². The number of nitrogens with one attached hydrogen (secondary N) is 1. The number of aromatic carboxylic acids is 1. The van der Waals surface area contributed by atoms with Crippen LogP contribution in [0.2, 0.25) is 0 Å². The summed E-state index contributed by atoms with van der Waals surface area (Å²) in [5.41, 5.74) is 4.88. The monoisotopic (exact) mass is 377 g/mol. The van der Waals surface area contributed by atoms with E-state index >= 15 is 0 Å². The van der Waals surface area contributed by atoms with Crippen molar-refractivity contribution in [3.63, 3.8) is 0 Å². The first-order valence-electron chi connectivity index (χ1n) is 8.97. The number of carboxylic acid groups (broad SMARTS) is 1. The van der Waals surface area contributed by atoms with Crippen LogP contribution in [0.5, 0.6) is 0 Å². The number of aryl methyl sites for hydroxylation is 1. The Morgan fingerprint density at radius 2 is 1.70 bits per heavy atom. The van der Waals surface area contributed by atoms with E-state index < -0.39 is 5.97 Å². The Labute approximate surface area is 161 Å². The lowest BCUT2D eigenvalue weighted by atomic mass is 9.85. The second kappa shape index (κ2) is 7.37. The molecule has 27 heavy (non-hydrogen) atoms. The smallest absolute Gasteiger partial charge is 0.339 e. The maximum absolute atomic E-state index is 12.5. The topological polar surface area (TPSA) is 66.4 Å². The van der Waals surface area contributed by atoms with Gasteiger partial charge in [0.2, 0.25) is 0 Å². The van der Waals surface area contributed by atoms with Crippen LogP contribution in [0.3, 0.4) is 0 Å². The molecule has 4 nitrogen and oxygen atoms in total. The summed E-state index contributed by atoms with van der Waals surface area (Å²) >= 11 is 1.26. The van der Waals surface area contributed by atoms with Crippen LogP contribution >= 0.6 is 11.3 Å². The van der Waals surface area contributed by atoms with E-state index in [4.69, 9.17) is 0 Å². The predicted octanol–water partition coefficient (Wildman–Crippen LogP) is 5.24. The van der Waals surface area contributed by atoms with Crippen molar-refractivity contribution in [3.8, 4) is 11.1 Å². The molecule has 0 spiro atoms. The van der Waals surface area contributed by atoms with Gasteiger partial charge in [-0.25, -0.2) is 4.79 Å². The number of carboxylic acids is 1. The molecule has 4 rings (SSSR count). The van der Waals surface area contributed by atoms with Gasteiger partial charge in [0.15, 0.2) is 0 Å². The number of hydrogen-bond acceptors (Lipinski definition) is 3. The summed E-state index contributed by atoms with van der Waals surface area (Å²) in [4.78, 5) is 24.5. The number of amides is 1. The largest absolute Gasteiger partial charge is 0.478 e. The SMILES string of the molecule is O=C(Nc1scc(-c2cccc3c2CCCC3)c1C(=O)O)c1ccccc1. The third kappa shape index (κ3) is 3.38. The molecule has 2 aromatic carbocycles.